The highest BCUT2D eigenvalue weighted by atomic mass is 16.1. The van der Waals surface area contributed by atoms with Crippen molar-refractivity contribution in [2.45, 2.75) is 0 Å². The Morgan fingerprint density at radius 3 is 2.60 bits per heavy atom. The molecule has 0 saturated heterocycles. The summed E-state index contributed by atoms with van der Waals surface area (Å²) in [6.07, 6.45) is 3.42. The lowest BCUT2D eigenvalue weighted by atomic mass is 10.2. The summed E-state index contributed by atoms with van der Waals surface area (Å²) in [5.74, 6) is 0. The number of hydrogen-bond acceptors (Lipinski definition) is 2. The predicted octanol–water partition coefficient (Wildman–Crippen LogP) is 2.87. The lowest BCUT2D eigenvalue weighted by Gasteiger charge is -2.05. The quantitative estimate of drug-likeness (QED) is 0.572. The summed E-state index contributed by atoms with van der Waals surface area (Å²) in [6, 6.07) is 15.3. The fraction of sp³-hybridized carbons (Fsp3) is 0. The Kier molecular flexibility index (Phi) is 2.23. The van der Waals surface area contributed by atoms with Crippen LogP contribution in [0.25, 0.3) is 27.5 Å². The third kappa shape index (κ3) is 1.48. The molecule has 96 valence electrons. The van der Waals surface area contributed by atoms with Gasteiger partial charge in [-0.05, 0) is 18.2 Å². The fourth-order valence-corrected chi connectivity index (χ4v) is 2.50. The summed E-state index contributed by atoms with van der Waals surface area (Å²) in [5.41, 5.74) is 2.49. The van der Waals surface area contributed by atoms with Crippen LogP contribution in [-0.2, 0) is 0 Å². The Hall–Kier alpha value is -2.88. The van der Waals surface area contributed by atoms with Crippen molar-refractivity contribution in [1.29, 1.82) is 0 Å². The van der Waals surface area contributed by atoms with Crippen LogP contribution < -0.4 is 5.56 Å². The van der Waals surface area contributed by atoms with Crippen LogP contribution in [0.15, 0.2) is 65.8 Å². The molecule has 4 heteroatoms. The lowest BCUT2D eigenvalue weighted by molar-refractivity contribution is 0.970. The molecule has 2 aromatic carbocycles. The van der Waals surface area contributed by atoms with Crippen LogP contribution in [0.2, 0.25) is 0 Å². The van der Waals surface area contributed by atoms with E-state index in [9.17, 15) is 4.79 Å². The molecule has 0 aliphatic carbocycles. The van der Waals surface area contributed by atoms with Gasteiger partial charge >= 0.3 is 0 Å². The second-order valence-electron chi connectivity index (χ2n) is 4.66. The molecule has 0 radical (unpaired) electrons. The topological polar surface area (TPSA) is 50.7 Å². The largest absolute Gasteiger partial charge is 0.359 e. The van der Waals surface area contributed by atoms with Crippen molar-refractivity contribution in [2.24, 2.45) is 0 Å². The third-order valence-electron chi connectivity index (χ3n) is 3.49. The summed E-state index contributed by atoms with van der Waals surface area (Å²) in [7, 11) is 0. The Balaban J connectivity index is 2.08. The molecule has 4 nitrogen and oxygen atoms in total. The maximum absolute atomic E-state index is 12.6. The van der Waals surface area contributed by atoms with E-state index in [1.54, 1.807) is 17.0 Å². The summed E-state index contributed by atoms with van der Waals surface area (Å²) in [6.45, 7) is 0. The van der Waals surface area contributed by atoms with Gasteiger partial charge in [0.1, 0.15) is 6.33 Å². The van der Waals surface area contributed by atoms with Crippen LogP contribution in [0.5, 0.6) is 0 Å². The normalized spacial score (nSPS) is 11.2. The maximum Gasteiger partial charge on any atom is 0.265 e. The number of nitrogens with one attached hydrogen (secondary N) is 1. The number of benzene rings is 2. The van der Waals surface area contributed by atoms with Gasteiger partial charge in [-0.15, -0.1) is 0 Å². The Labute approximate surface area is 114 Å². The van der Waals surface area contributed by atoms with E-state index in [0.29, 0.717) is 10.9 Å². The van der Waals surface area contributed by atoms with Crippen LogP contribution in [0.3, 0.4) is 0 Å². The Bertz CT molecular complexity index is 982. The molecule has 0 atom stereocenters. The van der Waals surface area contributed by atoms with Gasteiger partial charge in [0.2, 0.25) is 0 Å². The summed E-state index contributed by atoms with van der Waals surface area (Å²) in [4.78, 5) is 20.1. The maximum atomic E-state index is 12.6. The number of rotatable bonds is 1. The van der Waals surface area contributed by atoms with Crippen LogP contribution in [0, 0.1) is 0 Å². The minimum absolute atomic E-state index is 0.0552. The van der Waals surface area contributed by atoms with Gasteiger partial charge in [0.15, 0.2) is 0 Å². The van der Waals surface area contributed by atoms with E-state index in [1.165, 1.54) is 0 Å². The summed E-state index contributed by atoms with van der Waals surface area (Å²) >= 11 is 0. The Morgan fingerprint density at radius 1 is 0.950 bits per heavy atom. The molecule has 0 aliphatic rings. The smallest absolute Gasteiger partial charge is 0.265 e. The minimum Gasteiger partial charge on any atom is -0.359 e. The summed E-state index contributed by atoms with van der Waals surface area (Å²) < 4.78 is 1.58. The highest BCUT2D eigenvalue weighted by Crippen LogP contribution is 2.20. The molecule has 0 saturated carbocycles. The number of aromatic nitrogens is 3. The zero-order valence-electron chi connectivity index (χ0n) is 10.6. The molecule has 2 heterocycles. The van der Waals surface area contributed by atoms with Crippen molar-refractivity contribution in [3.05, 3.63) is 71.4 Å². The van der Waals surface area contributed by atoms with Crippen molar-refractivity contribution < 1.29 is 0 Å². The molecular formula is C16H11N3O. The molecule has 4 aromatic rings. The number of H-pyrrole nitrogens is 1. The average Bonchev–Trinajstić information content (AvgIpc) is 2.92. The number of hydrogen-bond donors (Lipinski definition) is 1. The highest BCUT2D eigenvalue weighted by molar-refractivity contribution is 5.88. The molecular weight excluding hydrogens is 250 g/mol. The number of aromatic amines is 1. The number of fused-ring (bicyclic) bond motifs is 2. The molecule has 1 N–H and O–H groups in total. The van der Waals surface area contributed by atoms with Crippen molar-refractivity contribution in [1.82, 2.24) is 14.5 Å². The van der Waals surface area contributed by atoms with Crippen molar-refractivity contribution in [3.63, 3.8) is 0 Å². The first-order chi connectivity index (χ1) is 9.84. The lowest BCUT2D eigenvalue weighted by Crippen LogP contribution is -2.18. The Morgan fingerprint density at radius 2 is 1.70 bits per heavy atom. The van der Waals surface area contributed by atoms with Crippen LogP contribution in [-0.4, -0.2) is 14.5 Å². The van der Waals surface area contributed by atoms with Crippen molar-refractivity contribution >= 4 is 21.8 Å². The second-order valence-corrected chi connectivity index (χ2v) is 4.66. The zero-order chi connectivity index (χ0) is 13.5. The highest BCUT2D eigenvalue weighted by Gasteiger charge is 2.09. The van der Waals surface area contributed by atoms with E-state index < -0.39 is 0 Å². The van der Waals surface area contributed by atoms with Gasteiger partial charge < -0.3 is 4.98 Å². The van der Waals surface area contributed by atoms with Gasteiger partial charge in [-0.2, -0.15) is 0 Å². The molecule has 0 unspecified atom stereocenters. The summed E-state index contributed by atoms with van der Waals surface area (Å²) in [5, 5.41) is 1.63. The van der Waals surface area contributed by atoms with E-state index in [0.717, 1.165) is 16.6 Å². The average molecular weight is 261 g/mol. The van der Waals surface area contributed by atoms with Gasteiger partial charge in [-0.25, -0.2) is 4.98 Å². The third-order valence-corrected chi connectivity index (χ3v) is 3.49. The fourth-order valence-electron chi connectivity index (χ4n) is 2.50. The van der Waals surface area contributed by atoms with E-state index in [1.807, 2.05) is 48.7 Å². The first kappa shape index (κ1) is 11.0. The molecule has 2 aromatic heterocycles. The molecule has 0 fully saturated rings. The molecule has 4 rings (SSSR count). The molecule has 0 amide bonds. The predicted molar refractivity (Wildman–Crippen MR) is 79.2 cm³/mol. The van der Waals surface area contributed by atoms with E-state index >= 15 is 0 Å². The van der Waals surface area contributed by atoms with Crippen LogP contribution >= 0.6 is 0 Å². The van der Waals surface area contributed by atoms with Crippen molar-refractivity contribution in [3.8, 4) is 5.69 Å². The van der Waals surface area contributed by atoms with Crippen LogP contribution in [0.1, 0.15) is 0 Å². The molecule has 0 spiro atoms. The molecule has 20 heavy (non-hydrogen) atoms. The van der Waals surface area contributed by atoms with Gasteiger partial charge in [0, 0.05) is 17.1 Å². The standard InChI is InChI=1S/C16H11N3O/c20-16-12-6-2-4-8-14(12)18-10-19(16)15-9-17-13-7-3-1-5-11(13)15/h1-10,17H. The van der Waals surface area contributed by atoms with Gasteiger partial charge in [0.25, 0.3) is 5.56 Å². The molecule has 0 aliphatic heterocycles. The minimum atomic E-state index is -0.0552. The van der Waals surface area contributed by atoms with E-state index in [2.05, 4.69) is 9.97 Å². The van der Waals surface area contributed by atoms with E-state index in [-0.39, 0.29) is 5.56 Å². The zero-order valence-corrected chi connectivity index (χ0v) is 10.6. The first-order valence-corrected chi connectivity index (χ1v) is 6.37. The van der Waals surface area contributed by atoms with E-state index in [4.69, 9.17) is 0 Å². The van der Waals surface area contributed by atoms with Gasteiger partial charge in [-0.3, -0.25) is 9.36 Å². The number of nitrogens with zero attached hydrogens (tertiary/aromatic N) is 2. The SMILES string of the molecule is O=c1c2ccccc2ncn1-c1c[nH]c2ccccc12. The van der Waals surface area contributed by atoms with Gasteiger partial charge in [-0.1, -0.05) is 30.3 Å². The van der Waals surface area contributed by atoms with Gasteiger partial charge in [0.05, 0.1) is 16.6 Å². The number of para-hydroxylation sites is 2. The first-order valence-electron chi connectivity index (χ1n) is 6.37. The second kappa shape index (κ2) is 4.06. The molecule has 0 bridgehead atoms. The van der Waals surface area contributed by atoms with Crippen LogP contribution in [0.4, 0.5) is 0 Å². The monoisotopic (exact) mass is 261 g/mol. The van der Waals surface area contributed by atoms with Crippen molar-refractivity contribution in [2.75, 3.05) is 0 Å².